The first kappa shape index (κ1) is 23.3. The van der Waals surface area contributed by atoms with Gasteiger partial charge in [-0.15, -0.1) is 0 Å². The van der Waals surface area contributed by atoms with E-state index in [1.54, 1.807) is 66.7 Å². The van der Waals surface area contributed by atoms with Gasteiger partial charge in [-0.05, 0) is 48.9 Å². The van der Waals surface area contributed by atoms with Gasteiger partial charge in [-0.2, -0.15) is 0 Å². The molecule has 2 aliphatic rings. The SMILES string of the molecule is CCOc1cccc(/C(O)=C2\C(=O)C(=O)N(c3ccc4c(c3)OCCO4)C2c2cccc(OC)c2)c1. The average molecular weight is 488 g/mol. The van der Waals surface area contributed by atoms with Crippen LogP contribution in [0.25, 0.3) is 5.76 Å². The molecule has 1 unspecified atom stereocenters. The molecule has 3 aromatic rings. The van der Waals surface area contributed by atoms with Gasteiger partial charge in [0.1, 0.15) is 30.5 Å². The van der Waals surface area contributed by atoms with Crippen LogP contribution in [0.1, 0.15) is 24.1 Å². The first-order chi connectivity index (χ1) is 17.5. The number of Topliss-reactive ketones (excluding diaryl/α,β-unsaturated/α-hetero) is 1. The lowest BCUT2D eigenvalue weighted by Gasteiger charge is -2.27. The number of fused-ring (bicyclic) bond motifs is 1. The van der Waals surface area contributed by atoms with E-state index in [2.05, 4.69) is 0 Å². The molecule has 0 radical (unpaired) electrons. The largest absolute Gasteiger partial charge is 0.507 e. The molecule has 0 bridgehead atoms. The number of rotatable bonds is 6. The highest BCUT2D eigenvalue weighted by atomic mass is 16.6. The van der Waals surface area contributed by atoms with Gasteiger partial charge < -0.3 is 24.1 Å². The Morgan fingerprint density at radius 3 is 2.50 bits per heavy atom. The van der Waals surface area contributed by atoms with Crippen molar-refractivity contribution < 1.29 is 33.6 Å². The van der Waals surface area contributed by atoms with Gasteiger partial charge in [0, 0.05) is 17.3 Å². The number of carbonyl (C=O) groups is 2. The second kappa shape index (κ2) is 9.65. The summed E-state index contributed by atoms with van der Waals surface area (Å²) in [6, 6.07) is 18.0. The predicted molar refractivity (Wildman–Crippen MR) is 133 cm³/mol. The Hall–Kier alpha value is -4.46. The summed E-state index contributed by atoms with van der Waals surface area (Å²) in [4.78, 5) is 28.2. The molecule has 2 aliphatic heterocycles. The molecule has 0 aromatic heterocycles. The molecule has 3 aromatic carbocycles. The minimum absolute atomic E-state index is 0.0307. The van der Waals surface area contributed by atoms with Crippen LogP contribution in [-0.4, -0.2) is 43.7 Å². The number of hydrogen-bond acceptors (Lipinski definition) is 7. The summed E-state index contributed by atoms with van der Waals surface area (Å²) in [5.74, 6) is 0.294. The van der Waals surface area contributed by atoms with Crippen LogP contribution < -0.4 is 23.8 Å². The molecule has 1 amide bonds. The zero-order valence-electron chi connectivity index (χ0n) is 19.9. The van der Waals surface area contributed by atoms with Crippen molar-refractivity contribution in [2.45, 2.75) is 13.0 Å². The molecule has 36 heavy (non-hydrogen) atoms. The van der Waals surface area contributed by atoms with Gasteiger partial charge in [0.05, 0.1) is 25.3 Å². The number of ether oxygens (including phenoxy) is 4. The molecule has 1 N–H and O–H groups in total. The molecule has 1 fully saturated rings. The van der Waals surface area contributed by atoms with Crippen LogP contribution in [0.4, 0.5) is 5.69 Å². The Bertz CT molecular complexity index is 1360. The van der Waals surface area contributed by atoms with Crippen molar-refractivity contribution in [2.24, 2.45) is 0 Å². The van der Waals surface area contributed by atoms with Crippen molar-refractivity contribution in [1.82, 2.24) is 0 Å². The Balaban J connectivity index is 1.69. The predicted octanol–water partition coefficient (Wildman–Crippen LogP) is 4.49. The second-order valence-electron chi connectivity index (χ2n) is 8.23. The van der Waals surface area contributed by atoms with Crippen LogP contribution >= 0.6 is 0 Å². The van der Waals surface area contributed by atoms with Gasteiger partial charge in [0.15, 0.2) is 11.5 Å². The fraction of sp³-hybridized carbons (Fsp3) is 0.214. The van der Waals surface area contributed by atoms with Crippen LogP contribution in [0.15, 0.2) is 72.3 Å². The van der Waals surface area contributed by atoms with E-state index >= 15 is 0 Å². The molecule has 1 atom stereocenters. The van der Waals surface area contributed by atoms with Crippen molar-refractivity contribution in [3.8, 4) is 23.0 Å². The van der Waals surface area contributed by atoms with Crippen molar-refractivity contribution in [2.75, 3.05) is 31.8 Å². The topological polar surface area (TPSA) is 94.5 Å². The quantitative estimate of drug-likeness (QED) is 0.311. The number of aliphatic hydroxyl groups is 1. The van der Waals surface area contributed by atoms with E-state index in [1.807, 2.05) is 6.92 Å². The number of methoxy groups -OCH3 is 1. The smallest absolute Gasteiger partial charge is 0.300 e. The van der Waals surface area contributed by atoms with Crippen LogP contribution in [-0.2, 0) is 9.59 Å². The fourth-order valence-electron chi connectivity index (χ4n) is 4.46. The van der Waals surface area contributed by atoms with E-state index in [0.717, 1.165) is 0 Å². The Labute approximate surface area is 208 Å². The van der Waals surface area contributed by atoms with E-state index < -0.39 is 17.7 Å². The van der Waals surface area contributed by atoms with Gasteiger partial charge in [-0.3, -0.25) is 14.5 Å². The van der Waals surface area contributed by atoms with Crippen LogP contribution in [0.5, 0.6) is 23.0 Å². The Kier molecular flexibility index (Phi) is 6.25. The fourth-order valence-corrected chi connectivity index (χ4v) is 4.46. The number of benzene rings is 3. The van der Waals surface area contributed by atoms with Crippen molar-refractivity contribution in [3.05, 3.63) is 83.4 Å². The van der Waals surface area contributed by atoms with Crippen LogP contribution in [0.3, 0.4) is 0 Å². The number of anilines is 1. The highest BCUT2D eigenvalue weighted by molar-refractivity contribution is 6.51. The number of hydrogen-bond donors (Lipinski definition) is 1. The molecule has 8 heteroatoms. The maximum atomic E-state index is 13.4. The normalized spacial score (nSPS) is 18.3. The maximum absolute atomic E-state index is 13.4. The van der Waals surface area contributed by atoms with Gasteiger partial charge in [-0.25, -0.2) is 0 Å². The molecule has 1 saturated heterocycles. The Morgan fingerprint density at radius 2 is 1.72 bits per heavy atom. The molecule has 8 nitrogen and oxygen atoms in total. The molecule has 5 rings (SSSR count). The number of carbonyl (C=O) groups excluding carboxylic acids is 2. The average Bonchev–Trinajstić information content (AvgIpc) is 3.18. The molecule has 0 aliphatic carbocycles. The molecule has 0 spiro atoms. The lowest BCUT2D eigenvalue weighted by molar-refractivity contribution is -0.132. The molecule has 0 saturated carbocycles. The lowest BCUT2D eigenvalue weighted by Crippen LogP contribution is -2.29. The van der Waals surface area contributed by atoms with Gasteiger partial charge in [-0.1, -0.05) is 24.3 Å². The summed E-state index contributed by atoms with van der Waals surface area (Å²) in [6.45, 7) is 3.11. The third-order valence-electron chi connectivity index (χ3n) is 6.08. The monoisotopic (exact) mass is 487 g/mol. The lowest BCUT2D eigenvalue weighted by atomic mass is 9.95. The summed E-state index contributed by atoms with van der Waals surface area (Å²) in [5.41, 5.74) is 1.38. The molecular weight excluding hydrogens is 462 g/mol. The van der Waals surface area contributed by atoms with Gasteiger partial charge in [0.2, 0.25) is 0 Å². The summed E-state index contributed by atoms with van der Waals surface area (Å²) in [6.07, 6.45) is 0. The van der Waals surface area contributed by atoms with Gasteiger partial charge in [0.25, 0.3) is 11.7 Å². The Morgan fingerprint density at radius 1 is 0.972 bits per heavy atom. The van der Waals surface area contributed by atoms with E-state index in [0.29, 0.717) is 59.6 Å². The molecular formula is C28H25NO7. The second-order valence-corrected chi connectivity index (χ2v) is 8.23. The third kappa shape index (κ3) is 4.11. The first-order valence-corrected chi connectivity index (χ1v) is 11.6. The standard InChI is InChI=1S/C28H25NO7/c1-3-34-21-9-5-7-18(15-21)26(30)24-25(17-6-4-8-20(14-17)33-2)29(28(32)27(24)31)19-10-11-22-23(16-19)36-13-12-35-22/h4-11,14-16,25,30H,3,12-13H2,1-2H3/b26-24+. The van der Waals surface area contributed by atoms with Crippen LogP contribution in [0, 0.1) is 0 Å². The molecule has 184 valence electrons. The summed E-state index contributed by atoms with van der Waals surface area (Å²) < 4.78 is 22.2. The van der Waals surface area contributed by atoms with Crippen molar-refractivity contribution in [1.29, 1.82) is 0 Å². The number of nitrogens with zero attached hydrogens (tertiary/aromatic N) is 1. The van der Waals surface area contributed by atoms with E-state index in [4.69, 9.17) is 18.9 Å². The molecule has 2 heterocycles. The zero-order valence-corrected chi connectivity index (χ0v) is 19.9. The minimum Gasteiger partial charge on any atom is -0.507 e. The summed E-state index contributed by atoms with van der Waals surface area (Å²) in [5, 5.41) is 11.4. The summed E-state index contributed by atoms with van der Waals surface area (Å²) in [7, 11) is 1.54. The number of aliphatic hydroxyl groups excluding tert-OH is 1. The highest BCUT2D eigenvalue weighted by Crippen LogP contribution is 2.45. The van der Waals surface area contributed by atoms with Crippen molar-refractivity contribution >= 4 is 23.1 Å². The van der Waals surface area contributed by atoms with E-state index in [-0.39, 0.29) is 11.3 Å². The first-order valence-electron chi connectivity index (χ1n) is 11.6. The van der Waals surface area contributed by atoms with Crippen molar-refractivity contribution in [3.63, 3.8) is 0 Å². The number of amides is 1. The number of ketones is 1. The zero-order chi connectivity index (χ0) is 25.2. The van der Waals surface area contributed by atoms with Gasteiger partial charge >= 0.3 is 0 Å². The maximum Gasteiger partial charge on any atom is 0.300 e. The minimum atomic E-state index is -0.904. The highest BCUT2D eigenvalue weighted by Gasteiger charge is 2.47. The van der Waals surface area contributed by atoms with E-state index in [9.17, 15) is 14.7 Å². The third-order valence-corrected chi connectivity index (χ3v) is 6.08. The van der Waals surface area contributed by atoms with Crippen LogP contribution in [0.2, 0.25) is 0 Å². The van der Waals surface area contributed by atoms with E-state index in [1.165, 1.54) is 12.0 Å². The summed E-state index contributed by atoms with van der Waals surface area (Å²) >= 11 is 0.